The van der Waals surface area contributed by atoms with Gasteiger partial charge in [0.15, 0.2) is 0 Å². The molecule has 0 aromatic heterocycles. The lowest BCUT2D eigenvalue weighted by Gasteiger charge is -2.09. The van der Waals surface area contributed by atoms with Gasteiger partial charge in [-0.3, -0.25) is 0 Å². The smallest absolute Gasteiger partial charge is 0.386 e. The number of hydrogen-bond donors (Lipinski definition) is 1. The molecule has 1 aromatic carbocycles. The Bertz CT molecular complexity index is 523. The highest BCUT2D eigenvalue weighted by atomic mass is 17.2. The number of carbonyl (C=O) groups excluding carboxylic acids is 2. The predicted molar refractivity (Wildman–Crippen MR) is 73.6 cm³/mol. The SMILES string of the molecule is CCCCC(C)C(=O)OOC(=O)c1cccc(C(=O)O)c1. The van der Waals surface area contributed by atoms with Crippen LogP contribution in [0.3, 0.4) is 0 Å². The normalized spacial score (nSPS) is 11.5. The molecule has 0 radical (unpaired) electrons. The van der Waals surface area contributed by atoms with Gasteiger partial charge in [0, 0.05) is 0 Å². The van der Waals surface area contributed by atoms with Crippen LogP contribution in [-0.2, 0) is 14.6 Å². The average molecular weight is 294 g/mol. The summed E-state index contributed by atoms with van der Waals surface area (Å²) in [6.45, 7) is 3.70. The molecule has 1 rings (SSSR count). The third-order valence-corrected chi connectivity index (χ3v) is 2.94. The van der Waals surface area contributed by atoms with Crippen LogP contribution in [0.15, 0.2) is 24.3 Å². The Kier molecular flexibility index (Phi) is 6.39. The van der Waals surface area contributed by atoms with Crippen LogP contribution >= 0.6 is 0 Å². The van der Waals surface area contributed by atoms with Crippen molar-refractivity contribution < 1.29 is 29.3 Å². The highest BCUT2D eigenvalue weighted by Crippen LogP contribution is 2.11. The number of rotatable bonds is 6. The maximum atomic E-state index is 11.7. The summed E-state index contributed by atoms with van der Waals surface area (Å²) in [5.74, 6) is -3.04. The summed E-state index contributed by atoms with van der Waals surface area (Å²) in [6, 6.07) is 5.28. The number of aromatic carboxylic acids is 1. The van der Waals surface area contributed by atoms with Gasteiger partial charge in [-0.1, -0.05) is 32.8 Å². The topological polar surface area (TPSA) is 89.9 Å². The zero-order valence-electron chi connectivity index (χ0n) is 12.0. The molecule has 0 saturated heterocycles. The molecule has 21 heavy (non-hydrogen) atoms. The van der Waals surface area contributed by atoms with E-state index >= 15 is 0 Å². The van der Waals surface area contributed by atoms with E-state index in [-0.39, 0.29) is 17.0 Å². The van der Waals surface area contributed by atoms with Gasteiger partial charge in [-0.2, -0.15) is 0 Å². The van der Waals surface area contributed by atoms with Gasteiger partial charge in [0.2, 0.25) is 0 Å². The van der Waals surface area contributed by atoms with Crippen molar-refractivity contribution in [3.63, 3.8) is 0 Å². The van der Waals surface area contributed by atoms with Crippen LogP contribution in [0.4, 0.5) is 0 Å². The Morgan fingerprint density at radius 2 is 1.86 bits per heavy atom. The van der Waals surface area contributed by atoms with E-state index in [4.69, 9.17) is 5.11 Å². The van der Waals surface area contributed by atoms with E-state index in [2.05, 4.69) is 9.78 Å². The molecular formula is C15H18O6. The van der Waals surface area contributed by atoms with Crippen LogP contribution in [0, 0.1) is 5.92 Å². The van der Waals surface area contributed by atoms with E-state index < -0.39 is 17.9 Å². The van der Waals surface area contributed by atoms with Gasteiger partial charge in [-0.25, -0.2) is 24.2 Å². The molecule has 0 aliphatic heterocycles. The fourth-order valence-corrected chi connectivity index (χ4v) is 1.62. The van der Waals surface area contributed by atoms with E-state index in [9.17, 15) is 14.4 Å². The summed E-state index contributed by atoms with van der Waals surface area (Å²) < 4.78 is 0. The third-order valence-electron chi connectivity index (χ3n) is 2.94. The fourth-order valence-electron chi connectivity index (χ4n) is 1.62. The van der Waals surface area contributed by atoms with Crippen molar-refractivity contribution in [2.45, 2.75) is 33.1 Å². The minimum atomic E-state index is -1.16. The van der Waals surface area contributed by atoms with E-state index in [1.807, 2.05) is 6.92 Å². The van der Waals surface area contributed by atoms with Crippen molar-refractivity contribution in [1.29, 1.82) is 0 Å². The van der Waals surface area contributed by atoms with Crippen molar-refractivity contribution in [2.75, 3.05) is 0 Å². The average Bonchev–Trinajstić information content (AvgIpc) is 2.49. The maximum absolute atomic E-state index is 11.7. The largest absolute Gasteiger partial charge is 0.478 e. The first-order valence-electron chi connectivity index (χ1n) is 6.71. The van der Waals surface area contributed by atoms with Gasteiger partial charge in [0.05, 0.1) is 17.0 Å². The minimum Gasteiger partial charge on any atom is -0.478 e. The summed E-state index contributed by atoms with van der Waals surface area (Å²) in [6.07, 6.45) is 2.49. The summed E-state index contributed by atoms with van der Waals surface area (Å²) >= 11 is 0. The second-order valence-electron chi connectivity index (χ2n) is 4.70. The molecule has 0 saturated carbocycles. The molecule has 0 heterocycles. The molecule has 1 N–H and O–H groups in total. The van der Waals surface area contributed by atoms with Gasteiger partial charge < -0.3 is 5.11 Å². The predicted octanol–water partition coefficient (Wildman–Crippen LogP) is 2.83. The number of carboxylic acid groups (broad SMARTS) is 1. The van der Waals surface area contributed by atoms with E-state index in [0.29, 0.717) is 6.42 Å². The molecule has 0 aliphatic carbocycles. The minimum absolute atomic E-state index is 0.00362. The Balaban J connectivity index is 2.56. The van der Waals surface area contributed by atoms with Gasteiger partial charge in [-0.05, 0) is 24.6 Å². The van der Waals surface area contributed by atoms with E-state index in [1.54, 1.807) is 6.92 Å². The molecule has 0 fully saturated rings. The lowest BCUT2D eigenvalue weighted by atomic mass is 10.1. The number of unbranched alkanes of at least 4 members (excludes halogenated alkanes) is 1. The van der Waals surface area contributed by atoms with Gasteiger partial charge in [0.25, 0.3) is 0 Å². The summed E-state index contributed by atoms with van der Waals surface area (Å²) in [5.41, 5.74) is -0.0454. The molecular weight excluding hydrogens is 276 g/mol. The second kappa shape index (κ2) is 8.04. The summed E-state index contributed by atoms with van der Waals surface area (Å²) in [7, 11) is 0. The Labute approximate surface area is 122 Å². The van der Waals surface area contributed by atoms with Crippen LogP contribution < -0.4 is 0 Å². The first-order valence-corrected chi connectivity index (χ1v) is 6.71. The first kappa shape index (κ1) is 16.7. The van der Waals surface area contributed by atoms with Crippen LogP contribution in [0.5, 0.6) is 0 Å². The lowest BCUT2D eigenvalue weighted by molar-refractivity contribution is -0.238. The Morgan fingerprint density at radius 1 is 1.19 bits per heavy atom. The molecule has 1 atom stereocenters. The second-order valence-corrected chi connectivity index (χ2v) is 4.70. The zero-order chi connectivity index (χ0) is 15.8. The molecule has 6 nitrogen and oxygen atoms in total. The Morgan fingerprint density at radius 3 is 2.48 bits per heavy atom. The van der Waals surface area contributed by atoms with Crippen molar-refractivity contribution in [2.24, 2.45) is 5.92 Å². The number of hydrogen-bond acceptors (Lipinski definition) is 5. The molecule has 0 spiro atoms. The molecule has 1 unspecified atom stereocenters. The van der Waals surface area contributed by atoms with Crippen molar-refractivity contribution >= 4 is 17.9 Å². The quantitative estimate of drug-likeness (QED) is 0.641. The third kappa shape index (κ3) is 5.25. The van der Waals surface area contributed by atoms with Gasteiger partial charge in [-0.15, -0.1) is 0 Å². The highest BCUT2D eigenvalue weighted by molar-refractivity contribution is 5.94. The van der Waals surface area contributed by atoms with E-state index in [0.717, 1.165) is 18.9 Å². The molecule has 0 amide bonds. The summed E-state index contributed by atoms with van der Waals surface area (Å²) in [5, 5.41) is 8.83. The van der Waals surface area contributed by atoms with Crippen LogP contribution in [-0.4, -0.2) is 23.0 Å². The number of carbonyl (C=O) groups is 3. The molecule has 1 aromatic rings. The van der Waals surface area contributed by atoms with Crippen molar-refractivity contribution in [1.82, 2.24) is 0 Å². The van der Waals surface area contributed by atoms with Gasteiger partial charge in [0.1, 0.15) is 0 Å². The molecule has 0 aliphatic rings. The number of benzene rings is 1. The van der Waals surface area contributed by atoms with Crippen LogP contribution in [0.25, 0.3) is 0 Å². The standard InChI is InChI=1S/C15H18O6/c1-3-4-6-10(2)14(18)20-21-15(19)12-8-5-7-11(9-12)13(16)17/h5,7-10H,3-4,6H2,1-2H3,(H,16,17). The van der Waals surface area contributed by atoms with Gasteiger partial charge >= 0.3 is 17.9 Å². The Hall–Kier alpha value is -2.37. The van der Waals surface area contributed by atoms with Crippen molar-refractivity contribution in [3.05, 3.63) is 35.4 Å². The number of carboxylic acids is 1. The van der Waals surface area contributed by atoms with Crippen LogP contribution in [0.2, 0.25) is 0 Å². The fraction of sp³-hybridized carbons (Fsp3) is 0.400. The lowest BCUT2D eigenvalue weighted by Crippen LogP contribution is -2.18. The summed E-state index contributed by atoms with van der Waals surface area (Å²) in [4.78, 5) is 43.0. The first-order chi connectivity index (χ1) is 9.95. The monoisotopic (exact) mass is 294 g/mol. The maximum Gasteiger partial charge on any atom is 0.386 e. The van der Waals surface area contributed by atoms with Crippen LogP contribution in [0.1, 0.15) is 53.8 Å². The molecule has 6 heteroatoms. The molecule has 114 valence electrons. The molecule has 0 bridgehead atoms. The van der Waals surface area contributed by atoms with Crippen molar-refractivity contribution in [3.8, 4) is 0 Å². The highest BCUT2D eigenvalue weighted by Gasteiger charge is 2.18. The zero-order valence-corrected chi connectivity index (χ0v) is 12.0. The van der Waals surface area contributed by atoms with E-state index in [1.165, 1.54) is 18.2 Å².